The lowest BCUT2D eigenvalue weighted by molar-refractivity contribution is 0.242. The van der Waals surface area contributed by atoms with Crippen molar-refractivity contribution in [3.8, 4) is 22.9 Å². The summed E-state index contributed by atoms with van der Waals surface area (Å²) in [4.78, 5) is 0. The summed E-state index contributed by atoms with van der Waals surface area (Å²) in [5.74, 6) is 2.25. The van der Waals surface area contributed by atoms with E-state index in [1.54, 1.807) is 10.9 Å². The Balaban J connectivity index is 1.83. The molecule has 0 amide bonds. The highest BCUT2D eigenvalue weighted by atomic mass is 32.1. The van der Waals surface area contributed by atoms with Crippen molar-refractivity contribution < 1.29 is 9.47 Å². The third-order valence-electron chi connectivity index (χ3n) is 3.79. The van der Waals surface area contributed by atoms with Gasteiger partial charge in [0.1, 0.15) is 11.5 Å². The van der Waals surface area contributed by atoms with Gasteiger partial charge in [0.2, 0.25) is 4.77 Å². The van der Waals surface area contributed by atoms with Gasteiger partial charge in [-0.15, -0.1) is 0 Å². The maximum Gasteiger partial charge on any atom is 0.216 e. The first kappa shape index (κ1) is 19.8. The number of nitrogens with zero attached hydrogens (tertiary/aromatic N) is 3. The predicted molar refractivity (Wildman–Crippen MR) is 114 cm³/mol. The van der Waals surface area contributed by atoms with Crippen molar-refractivity contribution >= 4 is 18.4 Å². The molecule has 3 aromatic rings. The molecular formula is C21H24N4O2S. The summed E-state index contributed by atoms with van der Waals surface area (Å²) < 4.78 is 13.4. The number of hydrogen-bond acceptors (Lipinski definition) is 5. The minimum Gasteiger partial charge on any atom is -0.494 e. The van der Waals surface area contributed by atoms with Gasteiger partial charge in [0.05, 0.1) is 18.9 Å². The average molecular weight is 397 g/mol. The maximum absolute atomic E-state index is 5.77. The molecule has 0 atom stereocenters. The number of rotatable bonds is 8. The number of aromatic amines is 1. The molecule has 0 spiro atoms. The molecule has 1 N–H and O–H groups in total. The molecule has 0 saturated carbocycles. The molecule has 0 radical (unpaired) electrons. The van der Waals surface area contributed by atoms with E-state index >= 15 is 0 Å². The minimum atomic E-state index is 0.0957. The first-order chi connectivity index (χ1) is 13.6. The van der Waals surface area contributed by atoms with Crippen LogP contribution in [0, 0.1) is 4.77 Å². The van der Waals surface area contributed by atoms with Gasteiger partial charge in [0.25, 0.3) is 0 Å². The normalized spacial score (nSPS) is 11.3. The van der Waals surface area contributed by atoms with Gasteiger partial charge >= 0.3 is 0 Å². The number of hydrogen-bond donors (Lipinski definition) is 1. The molecule has 1 heterocycles. The maximum atomic E-state index is 5.77. The van der Waals surface area contributed by atoms with Gasteiger partial charge in [-0.2, -0.15) is 14.9 Å². The fraction of sp³-hybridized carbons (Fsp3) is 0.286. The molecule has 0 saturated heterocycles. The van der Waals surface area contributed by atoms with E-state index in [9.17, 15) is 0 Å². The largest absolute Gasteiger partial charge is 0.494 e. The Morgan fingerprint density at radius 2 is 1.96 bits per heavy atom. The second kappa shape index (κ2) is 9.32. The van der Waals surface area contributed by atoms with E-state index in [-0.39, 0.29) is 6.10 Å². The molecule has 146 valence electrons. The summed E-state index contributed by atoms with van der Waals surface area (Å²) in [6.45, 7) is 6.77. The van der Waals surface area contributed by atoms with Crippen LogP contribution in [-0.2, 0) is 0 Å². The van der Waals surface area contributed by atoms with E-state index in [2.05, 4.69) is 22.2 Å². The summed E-state index contributed by atoms with van der Waals surface area (Å²) in [5, 5.41) is 11.6. The lowest BCUT2D eigenvalue weighted by atomic mass is 10.2. The van der Waals surface area contributed by atoms with Crippen LogP contribution in [0.5, 0.6) is 11.5 Å². The zero-order valence-corrected chi connectivity index (χ0v) is 17.1. The monoisotopic (exact) mass is 396 g/mol. The lowest BCUT2D eigenvalue weighted by Crippen LogP contribution is -2.05. The van der Waals surface area contributed by atoms with Crippen LogP contribution in [0.1, 0.15) is 32.8 Å². The zero-order chi connectivity index (χ0) is 19.9. The minimum absolute atomic E-state index is 0.0957. The predicted octanol–water partition coefficient (Wildman–Crippen LogP) is 5.07. The van der Waals surface area contributed by atoms with Crippen LogP contribution < -0.4 is 9.47 Å². The smallest absolute Gasteiger partial charge is 0.216 e. The van der Waals surface area contributed by atoms with Gasteiger partial charge < -0.3 is 9.47 Å². The Bertz CT molecular complexity index is 990. The van der Waals surface area contributed by atoms with Crippen LogP contribution in [0.25, 0.3) is 11.4 Å². The van der Waals surface area contributed by atoms with Crippen LogP contribution in [0.15, 0.2) is 53.6 Å². The van der Waals surface area contributed by atoms with Crippen molar-refractivity contribution in [1.82, 2.24) is 14.9 Å². The average Bonchev–Trinajstić information content (AvgIpc) is 3.06. The fourth-order valence-electron chi connectivity index (χ4n) is 2.56. The van der Waals surface area contributed by atoms with E-state index in [0.717, 1.165) is 29.0 Å². The molecule has 28 heavy (non-hydrogen) atoms. The van der Waals surface area contributed by atoms with E-state index in [1.807, 2.05) is 62.4 Å². The van der Waals surface area contributed by atoms with E-state index in [0.29, 0.717) is 17.2 Å². The Hall–Kier alpha value is -2.93. The Morgan fingerprint density at radius 3 is 2.68 bits per heavy atom. The molecule has 1 aromatic heterocycles. The van der Waals surface area contributed by atoms with Gasteiger partial charge in [0, 0.05) is 5.56 Å². The summed E-state index contributed by atoms with van der Waals surface area (Å²) in [5.41, 5.74) is 1.81. The standard InChI is InChI=1S/C21H24N4O2S/c1-4-12-26-18-10-8-16(9-11-18)14-22-25-20(23-24-21(25)28)17-6-5-7-19(13-17)27-15(2)3/h5-11,13-15H,4,12H2,1-3H3,(H,24,28)/b22-14+. The highest BCUT2D eigenvalue weighted by Crippen LogP contribution is 2.23. The molecule has 0 aliphatic rings. The van der Waals surface area contributed by atoms with Crippen LogP contribution in [-0.4, -0.2) is 33.8 Å². The van der Waals surface area contributed by atoms with Crippen LogP contribution in [0.4, 0.5) is 0 Å². The molecule has 0 unspecified atom stereocenters. The number of H-pyrrole nitrogens is 1. The van der Waals surface area contributed by atoms with E-state index in [4.69, 9.17) is 21.7 Å². The Labute approximate surface area is 169 Å². The summed E-state index contributed by atoms with van der Waals surface area (Å²) in [7, 11) is 0. The van der Waals surface area contributed by atoms with Crippen molar-refractivity contribution in [2.24, 2.45) is 5.10 Å². The first-order valence-electron chi connectivity index (χ1n) is 9.28. The number of ether oxygens (including phenoxy) is 2. The summed E-state index contributed by atoms with van der Waals surface area (Å²) in [6.07, 6.45) is 2.82. The van der Waals surface area contributed by atoms with Gasteiger partial charge in [-0.05, 0) is 74.4 Å². The van der Waals surface area contributed by atoms with Crippen molar-refractivity contribution in [1.29, 1.82) is 0 Å². The molecule has 0 fully saturated rings. The Kier molecular flexibility index (Phi) is 6.60. The number of nitrogens with one attached hydrogen (secondary N) is 1. The summed E-state index contributed by atoms with van der Waals surface area (Å²) >= 11 is 5.34. The quantitative estimate of drug-likeness (QED) is 0.427. The van der Waals surface area contributed by atoms with Crippen LogP contribution >= 0.6 is 12.2 Å². The van der Waals surface area contributed by atoms with Crippen molar-refractivity contribution in [2.75, 3.05) is 6.61 Å². The highest BCUT2D eigenvalue weighted by molar-refractivity contribution is 7.71. The van der Waals surface area contributed by atoms with Crippen molar-refractivity contribution in [3.63, 3.8) is 0 Å². The van der Waals surface area contributed by atoms with Gasteiger partial charge in [-0.1, -0.05) is 19.1 Å². The Morgan fingerprint density at radius 1 is 1.18 bits per heavy atom. The second-order valence-corrected chi connectivity index (χ2v) is 6.91. The number of benzene rings is 2. The lowest BCUT2D eigenvalue weighted by Gasteiger charge is -2.10. The third kappa shape index (κ3) is 5.07. The van der Waals surface area contributed by atoms with E-state index < -0.39 is 0 Å². The first-order valence-corrected chi connectivity index (χ1v) is 9.69. The fourth-order valence-corrected chi connectivity index (χ4v) is 2.74. The molecule has 0 bridgehead atoms. The topological polar surface area (TPSA) is 64.4 Å². The molecular weight excluding hydrogens is 372 g/mol. The zero-order valence-electron chi connectivity index (χ0n) is 16.3. The molecule has 7 heteroatoms. The summed E-state index contributed by atoms with van der Waals surface area (Å²) in [6, 6.07) is 15.5. The number of aromatic nitrogens is 3. The third-order valence-corrected chi connectivity index (χ3v) is 4.05. The molecule has 0 aliphatic heterocycles. The highest BCUT2D eigenvalue weighted by Gasteiger charge is 2.09. The van der Waals surface area contributed by atoms with Crippen molar-refractivity contribution in [3.05, 3.63) is 58.9 Å². The van der Waals surface area contributed by atoms with Gasteiger partial charge in [-0.3, -0.25) is 0 Å². The van der Waals surface area contributed by atoms with Crippen LogP contribution in [0.3, 0.4) is 0 Å². The molecule has 0 aliphatic carbocycles. The van der Waals surface area contributed by atoms with Gasteiger partial charge in [-0.25, -0.2) is 5.10 Å². The molecule has 2 aromatic carbocycles. The molecule has 6 nitrogen and oxygen atoms in total. The van der Waals surface area contributed by atoms with E-state index in [1.165, 1.54) is 0 Å². The van der Waals surface area contributed by atoms with Crippen LogP contribution in [0.2, 0.25) is 0 Å². The van der Waals surface area contributed by atoms with Gasteiger partial charge in [0.15, 0.2) is 5.82 Å². The second-order valence-electron chi connectivity index (χ2n) is 6.52. The SMILES string of the molecule is CCCOc1ccc(/C=N/n2c(-c3cccc(OC(C)C)c3)n[nH]c2=S)cc1. The molecule has 3 rings (SSSR count). The van der Waals surface area contributed by atoms with Crippen molar-refractivity contribution in [2.45, 2.75) is 33.3 Å².